The van der Waals surface area contributed by atoms with Gasteiger partial charge in [0.05, 0.1) is 21.4 Å². The number of halogens is 4. The maximum Gasteiger partial charge on any atom is 0.118 e. The maximum absolute atomic E-state index is 7.16. The lowest BCUT2D eigenvalue weighted by Gasteiger charge is -2.43. The van der Waals surface area contributed by atoms with Gasteiger partial charge in [0, 0.05) is 21.2 Å². The molecule has 0 amide bonds. The number of hydrogen-bond donors (Lipinski definition) is 2. The molecule has 2 unspecified atom stereocenters. The molecule has 0 aliphatic heterocycles. The van der Waals surface area contributed by atoms with E-state index in [0.717, 1.165) is 11.1 Å². The Morgan fingerprint density at radius 2 is 0.886 bits per heavy atom. The molecular formula is C28H24Cl4N2O. The van der Waals surface area contributed by atoms with Crippen molar-refractivity contribution >= 4 is 57.8 Å². The molecule has 3 nitrogen and oxygen atoms in total. The van der Waals surface area contributed by atoms with Crippen LogP contribution in [0.15, 0.2) is 84.9 Å². The zero-order valence-electron chi connectivity index (χ0n) is 19.2. The molecule has 4 rings (SSSR count). The molecule has 0 aliphatic rings. The smallest absolute Gasteiger partial charge is 0.118 e. The molecule has 4 aromatic carbocycles. The first kappa shape index (κ1) is 25.7. The molecule has 0 fully saturated rings. The molecule has 0 saturated heterocycles. The number of hydrogen-bond acceptors (Lipinski definition) is 3. The number of ether oxygens (including phenoxy) is 1. The SMILES string of the molecule is CC(OC(C)(c1ccccc1)c1cc(N)c(Cl)cc1Cl)(c1ccccc1)c1cc(N)c(Cl)cc1Cl. The highest BCUT2D eigenvalue weighted by molar-refractivity contribution is 6.37. The highest BCUT2D eigenvalue weighted by atomic mass is 35.5. The van der Waals surface area contributed by atoms with E-state index >= 15 is 0 Å². The Hall–Kier alpha value is -2.40. The molecule has 0 spiro atoms. The van der Waals surface area contributed by atoms with Crippen LogP contribution in [0.25, 0.3) is 0 Å². The van der Waals surface area contributed by atoms with Gasteiger partial charge in [-0.1, -0.05) is 107 Å². The molecule has 2 atom stereocenters. The predicted octanol–water partition coefficient (Wildman–Crippen LogP) is 8.71. The Balaban J connectivity index is 2.02. The van der Waals surface area contributed by atoms with Gasteiger partial charge in [0.25, 0.3) is 0 Å². The van der Waals surface area contributed by atoms with E-state index in [0.29, 0.717) is 42.6 Å². The summed E-state index contributed by atoms with van der Waals surface area (Å²) in [5.41, 5.74) is 14.1. The molecule has 0 saturated carbocycles. The van der Waals surface area contributed by atoms with Crippen LogP contribution in [0.5, 0.6) is 0 Å². The summed E-state index contributed by atoms with van der Waals surface area (Å²) in [6.45, 7) is 3.90. The minimum absolute atomic E-state index is 0.369. The molecule has 0 radical (unpaired) electrons. The molecule has 180 valence electrons. The molecule has 4 N–H and O–H groups in total. The van der Waals surface area contributed by atoms with E-state index in [-0.39, 0.29) is 0 Å². The summed E-state index contributed by atoms with van der Waals surface area (Å²) in [7, 11) is 0. The van der Waals surface area contributed by atoms with Gasteiger partial charge in [-0.2, -0.15) is 0 Å². The van der Waals surface area contributed by atoms with Gasteiger partial charge in [-0.25, -0.2) is 0 Å². The Labute approximate surface area is 225 Å². The molecule has 35 heavy (non-hydrogen) atoms. The normalized spacial score (nSPS) is 14.8. The van der Waals surface area contributed by atoms with Crippen molar-refractivity contribution in [3.8, 4) is 0 Å². The van der Waals surface area contributed by atoms with Crippen molar-refractivity contribution in [3.05, 3.63) is 127 Å². The van der Waals surface area contributed by atoms with Crippen LogP contribution in [-0.2, 0) is 15.9 Å². The van der Waals surface area contributed by atoms with Gasteiger partial charge in [-0.3, -0.25) is 0 Å². The average molecular weight is 546 g/mol. The number of benzene rings is 4. The first-order valence-electron chi connectivity index (χ1n) is 10.9. The summed E-state index contributed by atoms with van der Waals surface area (Å²) in [5, 5.41) is 1.59. The minimum Gasteiger partial charge on any atom is -0.398 e. The van der Waals surface area contributed by atoms with Crippen molar-refractivity contribution in [2.75, 3.05) is 11.5 Å². The van der Waals surface area contributed by atoms with E-state index < -0.39 is 11.2 Å². The molecular weight excluding hydrogens is 522 g/mol. The minimum atomic E-state index is -1.07. The molecule has 0 aliphatic carbocycles. The number of nitrogens with two attached hydrogens (primary N) is 2. The van der Waals surface area contributed by atoms with Crippen LogP contribution in [0, 0.1) is 0 Å². The predicted molar refractivity (Wildman–Crippen MR) is 149 cm³/mol. The van der Waals surface area contributed by atoms with Crippen LogP contribution in [-0.4, -0.2) is 0 Å². The van der Waals surface area contributed by atoms with Gasteiger partial charge in [-0.15, -0.1) is 0 Å². The Bertz CT molecular complexity index is 1260. The van der Waals surface area contributed by atoms with Gasteiger partial charge in [0.2, 0.25) is 0 Å². The zero-order valence-corrected chi connectivity index (χ0v) is 22.2. The second kappa shape index (κ2) is 9.93. The zero-order chi connectivity index (χ0) is 25.4. The van der Waals surface area contributed by atoms with Crippen molar-refractivity contribution in [3.63, 3.8) is 0 Å². The van der Waals surface area contributed by atoms with Gasteiger partial charge in [-0.05, 0) is 49.2 Å². The lowest BCUT2D eigenvalue weighted by Crippen LogP contribution is -2.40. The van der Waals surface area contributed by atoms with Crippen molar-refractivity contribution in [2.45, 2.75) is 25.0 Å². The van der Waals surface area contributed by atoms with Crippen LogP contribution in [0.1, 0.15) is 36.1 Å². The van der Waals surface area contributed by atoms with E-state index in [1.54, 1.807) is 24.3 Å². The first-order chi connectivity index (χ1) is 16.6. The molecule has 0 heterocycles. The lowest BCUT2D eigenvalue weighted by atomic mass is 9.82. The van der Waals surface area contributed by atoms with Crippen LogP contribution in [0.2, 0.25) is 20.1 Å². The van der Waals surface area contributed by atoms with Crippen molar-refractivity contribution in [1.82, 2.24) is 0 Å². The highest BCUT2D eigenvalue weighted by Gasteiger charge is 2.43. The largest absolute Gasteiger partial charge is 0.398 e. The second-order valence-corrected chi connectivity index (χ2v) is 10.2. The summed E-state index contributed by atoms with van der Waals surface area (Å²) in [4.78, 5) is 0. The third-order valence-corrected chi connectivity index (χ3v) is 7.54. The van der Waals surface area contributed by atoms with Gasteiger partial charge in [0.1, 0.15) is 11.2 Å². The topological polar surface area (TPSA) is 61.3 Å². The molecule has 7 heteroatoms. The Morgan fingerprint density at radius 1 is 0.543 bits per heavy atom. The standard InChI is InChI=1S/C28H24Cl4N2O/c1-27(17-9-5-3-6-10-17,19-13-25(33)23(31)15-21(19)29)35-28(2,18-11-7-4-8-12-18)20-14-26(34)24(32)16-22(20)30/h3-16H,33-34H2,1-2H3. The third-order valence-electron chi connectivity index (χ3n) is 6.26. The van der Waals surface area contributed by atoms with Crippen molar-refractivity contribution in [1.29, 1.82) is 0 Å². The second-order valence-electron chi connectivity index (χ2n) is 8.61. The Kier molecular flexibility index (Phi) is 7.28. The van der Waals surface area contributed by atoms with E-state index in [1.165, 1.54) is 0 Å². The lowest BCUT2D eigenvalue weighted by molar-refractivity contribution is -0.106. The molecule has 0 aromatic heterocycles. The first-order valence-corrected chi connectivity index (χ1v) is 12.4. The van der Waals surface area contributed by atoms with Gasteiger partial charge >= 0.3 is 0 Å². The fraction of sp³-hybridized carbons (Fsp3) is 0.143. The van der Waals surface area contributed by atoms with Crippen LogP contribution < -0.4 is 11.5 Å². The highest BCUT2D eigenvalue weighted by Crippen LogP contribution is 2.49. The quantitative estimate of drug-likeness (QED) is 0.238. The van der Waals surface area contributed by atoms with Crippen LogP contribution in [0.4, 0.5) is 11.4 Å². The van der Waals surface area contributed by atoms with Gasteiger partial charge in [0.15, 0.2) is 0 Å². The van der Waals surface area contributed by atoms with Crippen LogP contribution in [0.3, 0.4) is 0 Å². The number of nitrogen functional groups attached to an aromatic ring is 2. The summed E-state index contributed by atoms with van der Waals surface area (Å²) >= 11 is 26.0. The summed E-state index contributed by atoms with van der Waals surface area (Å²) < 4.78 is 7.16. The Morgan fingerprint density at radius 3 is 1.23 bits per heavy atom. The summed E-state index contributed by atoms with van der Waals surface area (Å²) in [5.74, 6) is 0. The van der Waals surface area contributed by atoms with Crippen molar-refractivity contribution < 1.29 is 4.74 Å². The average Bonchev–Trinajstić information content (AvgIpc) is 2.84. The van der Waals surface area contributed by atoms with E-state index in [4.69, 9.17) is 62.6 Å². The fourth-order valence-corrected chi connectivity index (χ4v) is 5.45. The van der Waals surface area contributed by atoms with Gasteiger partial charge < -0.3 is 16.2 Å². The summed E-state index contributed by atoms with van der Waals surface area (Å²) in [6, 6.07) is 26.3. The van der Waals surface area contributed by atoms with E-state index in [9.17, 15) is 0 Å². The van der Waals surface area contributed by atoms with Crippen LogP contribution >= 0.6 is 46.4 Å². The molecule has 4 aromatic rings. The summed E-state index contributed by atoms with van der Waals surface area (Å²) in [6.07, 6.45) is 0. The van der Waals surface area contributed by atoms with E-state index in [1.807, 2.05) is 74.5 Å². The number of anilines is 2. The maximum atomic E-state index is 7.16. The third kappa shape index (κ3) is 4.84. The molecule has 0 bridgehead atoms. The van der Waals surface area contributed by atoms with E-state index in [2.05, 4.69) is 0 Å². The number of rotatable bonds is 6. The van der Waals surface area contributed by atoms with Crippen molar-refractivity contribution in [2.24, 2.45) is 0 Å². The fourth-order valence-electron chi connectivity index (χ4n) is 4.32. The monoisotopic (exact) mass is 544 g/mol.